The maximum atomic E-state index is 11.5. The molecular weight excluding hydrogens is 224 g/mol. The summed E-state index contributed by atoms with van der Waals surface area (Å²) in [7, 11) is 2.83. The highest BCUT2D eigenvalue weighted by atomic mass is 16.6. The van der Waals surface area contributed by atoms with E-state index in [4.69, 9.17) is 9.47 Å². The summed E-state index contributed by atoms with van der Waals surface area (Å²) in [4.78, 5) is 22.6. The van der Waals surface area contributed by atoms with Gasteiger partial charge in [0.2, 0.25) is 0 Å². The van der Waals surface area contributed by atoms with E-state index in [0.29, 0.717) is 17.7 Å². The van der Waals surface area contributed by atoms with E-state index in [1.54, 1.807) is 0 Å². The van der Waals surface area contributed by atoms with Crippen LogP contribution in [-0.2, 0) is 14.2 Å². The Morgan fingerprint density at radius 2 is 1.47 bits per heavy atom. The van der Waals surface area contributed by atoms with Gasteiger partial charge >= 0.3 is 11.9 Å². The van der Waals surface area contributed by atoms with Gasteiger partial charge in [0.15, 0.2) is 0 Å². The molecule has 0 heterocycles. The molecule has 1 aromatic carbocycles. The molecule has 0 bridgehead atoms. The van der Waals surface area contributed by atoms with E-state index >= 15 is 0 Å². The molecule has 17 heavy (non-hydrogen) atoms. The first-order chi connectivity index (χ1) is 8.19. The molecule has 92 valence electrons. The molecular formula is C12H14O5. The Morgan fingerprint density at radius 3 is 1.94 bits per heavy atom. The van der Waals surface area contributed by atoms with E-state index in [-0.39, 0.29) is 6.61 Å². The highest BCUT2D eigenvalue weighted by molar-refractivity contribution is 5.93. The maximum Gasteiger partial charge on any atom is 0.338 e. The van der Waals surface area contributed by atoms with Crippen LogP contribution in [-0.4, -0.2) is 39.4 Å². The summed E-state index contributed by atoms with van der Waals surface area (Å²) in [5, 5.41) is 0. The lowest BCUT2D eigenvalue weighted by Gasteiger charge is -2.04. The fraction of sp³-hybridized carbons (Fsp3) is 0.333. The minimum absolute atomic E-state index is 0.202. The van der Waals surface area contributed by atoms with Crippen LogP contribution in [0.15, 0.2) is 24.3 Å². The monoisotopic (exact) mass is 238 g/mol. The van der Waals surface area contributed by atoms with Crippen molar-refractivity contribution in [1.29, 1.82) is 0 Å². The zero-order chi connectivity index (χ0) is 12.7. The molecule has 0 radical (unpaired) electrons. The number of benzene rings is 1. The molecule has 0 amide bonds. The minimum atomic E-state index is -0.446. The minimum Gasteiger partial charge on any atom is -0.465 e. The topological polar surface area (TPSA) is 61.8 Å². The third kappa shape index (κ3) is 3.88. The largest absolute Gasteiger partial charge is 0.465 e. The van der Waals surface area contributed by atoms with Crippen LogP contribution in [0.2, 0.25) is 0 Å². The van der Waals surface area contributed by atoms with Gasteiger partial charge in [-0.2, -0.15) is 0 Å². The zero-order valence-electron chi connectivity index (χ0n) is 9.76. The highest BCUT2D eigenvalue weighted by Gasteiger charge is 2.09. The van der Waals surface area contributed by atoms with Crippen LogP contribution in [0.3, 0.4) is 0 Å². The molecule has 0 N–H and O–H groups in total. The quantitative estimate of drug-likeness (QED) is 0.571. The van der Waals surface area contributed by atoms with Crippen molar-refractivity contribution in [3.63, 3.8) is 0 Å². The molecule has 0 saturated carbocycles. The first kappa shape index (κ1) is 13.2. The summed E-state index contributed by atoms with van der Waals surface area (Å²) in [5.41, 5.74) is 0.773. The number of esters is 2. The Labute approximate surface area is 99.3 Å². The Kier molecular flexibility index (Phi) is 5.16. The predicted molar refractivity (Wildman–Crippen MR) is 59.9 cm³/mol. The van der Waals surface area contributed by atoms with E-state index in [1.807, 2.05) is 0 Å². The third-order valence-corrected chi connectivity index (χ3v) is 2.06. The number of methoxy groups -OCH3 is 2. The van der Waals surface area contributed by atoms with Gasteiger partial charge in [0.25, 0.3) is 0 Å². The number of carbonyl (C=O) groups is 2. The molecule has 0 aliphatic carbocycles. The van der Waals surface area contributed by atoms with Crippen LogP contribution >= 0.6 is 0 Å². The van der Waals surface area contributed by atoms with Gasteiger partial charge in [-0.15, -0.1) is 0 Å². The number of carbonyl (C=O) groups excluding carboxylic acids is 2. The van der Waals surface area contributed by atoms with Crippen LogP contribution in [0, 0.1) is 0 Å². The predicted octanol–water partition coefficient (Wildman–Crippen LogP) is 1.28. The van der Waals surface area contributed by atoms with Gasteiger partial charge in [-0.1, -0.05) is 0 Å². The van der Waals surface area contributed by atoms with Crippen molar-refractivity contribution in [2.45, 2.75) is 0 Å². The zero-order valence-corrected chi connectivity index (χ0v) is 9.76. The van der Waals surface area contributed by atoms with Crippen LogP contribution in [0.25, 0.3) is 0 Å². The molecule has 1 rings (SSSR count). The molecule has 0 aliphatic heterocycles. The Balaban J connectivity index is 2.61. The smallest absolute Gasteiger partial charge is 0.338 e. The Hall–Kier alpha value is -1.88. The molecule has 0 saturated heterocycles. The summed E-state index contributed by atoms with van der Waals surface area (Å²) < 4.78 is 14.2. The van der Waals surface area contributed by atoms with Gasteiger partial charge in [0.05, 0.1) is 24.8 Å². The van der Waals surface area contributed by atoms with Crippen molar-refractivity contribution in [2.24, 2.45) is 0 Å². The molecule has 1 aromatic rings. The van der Waals surface area contributed by atoms with Crippen molar-refractivity contribution >= 4 is 11.9 Å². The first-order valence-corrected chi connectivity index (χ1v) is 5.03. The van der Waals surface area contributed by atoms with Gasteiger partial charge in [-0.3, -0.25) is 0 Å². The summed E-state index contributed by atoms with van der Waals surface area (Å²) in [5.74, 6) is -0.886. The first-order valence-electron chi connectivity index (χ1n) is 5.03. The average Bonchev–Trinajstić information content (AvgIpc) is 2.38. The molecule has 0 spiro atoms. The SMILES string of the molecule is COCCOC(=O)c1ccc(C(=O)OC)cc1. The van der Waals surface area contributed by atoms with E-state index in [2.05, 4.69) is 4.74 Å². The van der Waals surface area contributed by atoms with E-state index in [9.17, 15) is 9.59 Å². The van der Waals surface area contributed by atoms with Crippen LogP contribution in [0.1, 0.15) is 20.7 Å². The van der Waals surface area contributed by atoms with E-state index < -0.39 is 11.9 Å². The summed E-state index contributed by atoms with van der Waals surface area (Å²) in [6.07, 6.45) is 0. The van der Waals surface area contributed by atoms with Crippen LogP contribution < -0.4 is 0 Å². The van der Waals surface area contributed by atoms with Crippen molar-refractivity contribution in [3.05, 3.63) is 35.4 Å². The third-order valence-electron chi connectivity index (χ3n) is 2.06. The molecule has 5 nitrogen and oxygen atoms in total. The van der Waals surface area contributed by atoms with Crippen molar-refractivity contribution in [3.8, 4) is 0 Å². The lowest BCUT2D eigenvalue weighted by Crippen LogP contribution is -2.10. The molecule has 0 aliphatic rings. The number of hydrogen-bond donors (Lipinski definition) is 0. The normalized spacial score (nSPS) is 9.76. The van der Waals surface area contributed by atoms with Crippen LogP contribution in [0.4, 0.5) is 0 Å². The number of ether oxygens (including phenoxy) is 3. The second kappa shape index (κ2) is 6.65. The Morgan fingerprint density at radius 1 is 0.941 bits per heavy atom. The van der Waals surface area contributed by atoms with Gasteiger partial charge in [-0.05, 0) is 24.3 Å². The maximum absolute atomic E-state index is 11.5. The fourth-order valence-electron chi connectivity index (χ4n) is 1.16. The lowest BCUT2D eigenvalue weighted by atomic mass is 10.1. The molecule has 0 unspecified atom stereocenters. The highest BCUT2D eigenvalue weighted by Crippen LogP contribution is 2.07. The number of hydrogen-bond acceptors (Lipinski definition) is 5. The second-order valence-electron chi connectivity index (χ2n) is 3.20. The summed E-state index contributed by atoms with van der Waals surface area (Å²) >= 11 is 0. The molecule has 0 atom stereocenters. The molecule has 0 fully saturated rings. The van der Waals surface area contributed by atoms with Crippen molar-refractivity contribution in [1.82, 2.24) is 0 Å². The second-order valence-corrected chi connectivity index (χ2v) is 3.20. The van der Waals surface area contributed by atoms with Gasteiger partial charge in [0.1, 0.15) is 6.61 Å². The van der Waals surface area contributed by atoms with Gasteiger partial charge < -0.3 is 14.2 Å². The van der Waals surface area contributed by atoms with Crippen LogP contribution in [0.5, 0.6) is 0 Å². The average molecular weight is 238 g/mol. The van der Waals surface area contributed by atoms with E-state index in [1.165, 1.54) is 38.5 Å². The van der Waals surface area contributed by atoms with Crippen molar-refractivity contribution in [2.75, 3.05) is 27.4 Å². The van der Waals surface area contributed by atoms with Gasteiger partial charge in [-0.25, -0.2) is 9.59 Å². The summed E-state index contributed by atoms with van der Waals surface area (Å²) in [6.45, 7) is 0.556. The lowest BCUT2D eigenvalue weighted by molar-refractivity contribution is 0.0387. The van der Waals surface area contributed by atoms with Gasteiger partial charge in [0, 0.05) is 7.11 Å². The Bertz CT molecular complexity index is 382. The molecule has 5 heteroatoms. The fourth-order valence-corrected chi connectivity index (χ4v) is 1.16. The summed E-state index contributed by atoms with van der Waals surface area (Å²) in [6, 6.07) is 6.06. The van der Waals surface area contributed by atoms with E-state index in [0.717, 1.165) is 0 Å². The van der Waals surface area contributed by atoms with Crippen molar-refractivity contribution < 1.29 is 23.8 Å². The molecule has 0 aromatic heterocycles. The standard InChI is InChI=1S/C12H14O5/c1-15-7-8-17-12(14)10-5-3-9(4-6-10)11(13)16-2/h3-6H,7-8H2,1-2H3. The number of rotatable bonds is 5.